The number of nitrogens with zero attached hydrogens (tertiary/aromatic N) is 2. The number of ether oxygens (including phenoxy) is 2. The second-order valence-corrected chi connectivity index (χ2v) is 6.59. The van der Waals surface area contributed by atoms with E-state index in [0.717, 1.165) is 17.3 Å². The monoisotopic (exact) mass is 407 g/mol. The van der Waals surface area contributed by atoms with Crippen molar-refractivity contribution in [3.8, 4) is 0 Å². The molecule has 0 aliphatic carbocycles. The molecule has 1 amide bonds. The van der Waals surface area contributed by atoms with Gasteiger partial charge in [0.1, 0.15) is 0 Å². The maximum Gasteiger partial charge on any atom is 0.360 e. The molecule has 0 bridgehead atoms. The van der Waals surface area contributed by atoms with Gasteiger partial charge in [0.15, 0.2) is 5.69 Å². The fraction of sp³-hybridized carbons (Fsp3) is 0.353. The van der Waals surface area contributed by atoms with Crippen molar-refractivity contribution in [2.24, 2.45) is 0 Å². The molecule has 1 aliphatic rings. The lowest BCUT2D eigenvalue weighted by molar-refractivity contribution is 0.0583. The first-order chi connectivity index (χ1) is 12.1. The van der Waals surface area contributed by atoms with Crippen LogP contribution in [0.3, 0.4) is 0 Å². The van der Waals surface area contributed by atoms with Gasteiger partial charge in [0.05, 0.1) is 18.8 Å². The van der Waals surface area contributed by atoms with Crippen molar-refractivity contribution >= 4 is 33.5 Å². The van der Waals surface area contributed by atoms with Crippen molar-refractivity contribution < 1.29 is 19.1 Å². The van der Waals surface area contributed by atoms with Crippen molar-refractivity contribution in [2.75, 3.05) is 25.6 Å². The molecule has 1 saturated heterocycles. The topological polar surface area (TPSA) is 82.4 Å². The van der Waals surface area contributed by atoms with Gasteiger partial charge in [-0.25, -0.2) is 4.79 Å². The predicted molar refractivity (Wildman–Crippen MR) is 94.8 cm³/mol. The Bertz CT molecular complexity index is 784. The number of methoxy groups -OCH3 is 1. The van der Waals surface area contributed by atoms with Crippen LogP contribution in [0.5, 0.6) is 0 Å². The molecule has 0 saturated carbocycles. The van der Waals surface area contributed by atoms with E-state index in [4.69, 9.17) is 9.47 Å². The highest BCUT2D eigenvalue weighted by atomic mass is 79.9. The number of rotatable bonds is 4. The summed E-state index contributed by atoms with van der Waals surface area (Å²) in [5, 5.41) is 7.09. The lowest BCUT2D eigenvalue weighted by atomic mass is 10.1. The number of carbonyl (C=O) groups excluding carboxylic acids is 2. The number of nitrogens with one attached hydrogen (secondary N) is 1. The second-order valence-electron chi connectivity index (χ2n) is 5.67. The van der Waals surface area contributed by atoms with E-state index in [2.05, 4.69) is 26.3 Å². The molecule has 2 aromatic rings. The summed E-state index contributed by atoms with van der Waals surface area (Å²) in [6.45, 7) is 1.30. The van der Waals surface area contributed by atoms with Crippen LogP contribution in [-0.4, -0.2) is 42.0 Å². The van der Waals surface area contributed by atoms with Crippen LogP contribution in [0.15, 0.2) is 34.9 Å². The largest absolute Gasteiger partial charge is 0.464 e. The molecule has 1 aromatic heterocycles. The van der Waals surface area contributed by atoms with Gasteiger partial charge in [0.25, 0.3) is 5.91 Å². The number of hydrogen-bond donors (Lipinski definition) is 1. The Balaban J connectivity index is 1.86. The van der Waals surface area contributed by atoms with Crippen molar-refractivity contribution in [2.45, 2.75) is 18.9 Å². The van der Waals surface area contributed by atoms with Crippen LogP contribution in [-0.2, 0) is 9.47 Å². The van der Waals surface area contributed by atoms with E-state index in [1.165, 1.54) is 7.11 Å². The molecule has 2 heterocycles. The number of carbonyl (C=O) groups is 2. The molecule has 7 nitrogen and oxygen atoms in total. The van der Waals surface area contributed by atoms with Gasteiger partial charge in [-0.15, -0.1) is 0 Å². The number of halogens is 1. The van der Waals surface area contributed by atoms with Gasteiger partial charge in [0, 0.05) is 29.4 Å². The van der Waals surface area contributed by atoms with Crippen LogP contribution >= 0.6 is 15.9 Å². The summed E-state index contributed by atoms with van der Waals surface area (Å²) < 4.78 is 12.7. The van der Waals surface area contributed by atoms with E-state index in [1.807, 2.05) is 6.07 Å². The number of aromatic nitrogens is 2. The minimum absolute atomic E-state index is 0.0948. The summed E-state index contributed by atoms with van der Waals surface area (Å²) in [5.41, 5.74) is 0.907. The van der Waals surface area contributed by atoms with Crippen LogP contribution < -0.4 is 5.32 Å². The number of esters is 1. The molecule has 132 valence electrons. The van der Waals surface area contributed by atoms with Crippen molar-refractivity contribution in [1.82, 2.24) is 9.78 Å². The van der Waals surface area contributed by atoms with E-state index in [0.29, 0.717) is 24.5 Å². The Morgan fingerprint density at radius 3 is 2.80 bits per heavy atom. The molecule has 0 spiro atoms. The smallest absolute Gasteiger partial charge is 0.360 e. The highest BCUT2D eigenvalue weighted by molar-refractivity contribution is 9.10. The summed E-state index contributed by atoms with van der Waals surface area (Å²) >= 11 is 3.34. The Morgan fingerprint density at radius 1 is 1.36 bits per heavy atom. The number of benzene rings is 1. The van der Waals surface area contributed by atoms with Gasteiger partial charge in [0.2, 0.25) is 0 Å². The molecule has 0 atom stereocenters. The summed E-state index contributed by atoms with van der Waals surface area (Å²) in [7, 11) is 1.29. The quantitative estimate of drug-likeness (QED) is 0.787. The van der Waals surface area contributed by atoms with Crippen LogP contribution in [0.4, 0.5) is 5.69 Å². The molecule has 25 heavy (non-hydrogen) atoms. The zero-order chi connectivity index (χ0) is 17.8. The summed E-state index contributed by atoms with van der Waals surface area (Å²) in [4.78, 5) is 24.5. The fourth-order valence-corrected chi connectivity index (χ4v) is 3.09. The number of hydrogen-bond acceptors (Lipinski definition) is 5. The molecule has 8 heteroatoms. The molecule has 3 rings (SSSR count). The van der Waals surface area contributed by atoms with Crippen molar-refractivity contribution in [1.29, 1.82) is 0 Å². The minimum Gasteiger partial charge on any atom is -0.464 e. The standard InChI is InChI=1S/C17H18BrN3O4/c1-24-17(23)15-14(10-21(20-15)13-5-7-25-8-6-13)19-16(22)11-3-2-4-12(18)9-11/h2-4,9-10,13H,5-8H2,1H3,(H,19,22). The second kappa shape index (κ2) is 7.79. The van der Waals surface area contributed by atoms with E-state index in [-0.39, 0.29) is 17.6 Å². The highest BCUT2D eigenvalue weighted by Crippen LogP contribution is 2.25. The van der Waals surface area contributed by atoms with E-state index in [1.54, 1.807) is 29.1 Å². The minimum atomic E-state index is -0.588. The van der Waals surface area contributed by atoms with Gasteiger partial charge in [-0.1, -0.05) is 22.0 Å². The lowest BCUT2D eigenvalue weighted by Gasteiger charge is -2.22. The lowest BCUT2D eigenvalue weighted by Crippen LogP contribution is -2.20. The van der Waals surface area contributed by atoms with Crippen LogP contribution in [0.25, 0.3) is 0 Å². The Kier molecular flexibility index (Phi) is 5.50. The fourth-order valence-electron chi connectivity index (χ4n) is 2.69. The van der Waals surface area contributed by atoms with Crippen LogP contribution in [0, 0.1) is 0 Å². The average Bonchev–Trinajstić information content (AvgIpc) is 3.05. The first-order valence-corrected chi connectivity index (χ1v) is 8.70. The summed E-state index contributed by atoms with van der Waals surface area (Å²) in [6.07, 6.45) is 3.29. The Labute approximate surface area is 153 Å². The Hall–Kier alpha value is -2.19. The van der Waals surface area contributed by atoms with Crippen molar-refractivity contribution in [3.05, 3.63) is 46.2 Å². The zero-order valence-electron chi connectivity index (χ0n) is 13.7. The third-order valence-electron chi connectivity index (χ3n) is 4.01. The third-order valence-corrected chi connectivity index (χ3v) is 4.50. The first-order valence-electron chi connectivity index (χ1n) is 7.90. The SMILES string of the molecule is COC(=O)c1nn(C2CCOCC2)cc1NC(=O)c1cccc(Br)c1. The normalized spacial score (nSPS) is 15.0. The molecule has 0 radical (unpaired) electrons. The van der Waals surface area contributed by atoms with Gasteiger partial charge < -0.3 is 14.8 Å². The third kappa shape index (κ3) is 4.08. The molecular formula is C17H18BrN3O4. The molecule has 1 aromatic carbocycles. The molecular weight excluding hydrogens is 390 g/mol. The van der Waals surface area contributed by atoms with E-state index in [9.17, 15) is 9.59 Å². The zero-order valence-corrected chi connectivity index (χ0v) is 15.3. The van der Waals surface area contributed by atoms with Gasteiger partial charge >= 0.3 is 5.97 Å². The van der Waals surface area contributed by atoms with E-state index < -0.39 is 5.97 Å². The maximum absolute atomic E-state index is 12.5. The van der Waals surface area contributed by atoms with Crippen LogP contribution in [0.1, 0.15) is 39.7 Å². The molecule has 0 unspecified atom stereocenters. The predicted octanol–water partition coefficient (Wildman–Crippen LogP) is 3.04. The molecule has 1 N–H and O–H groups in total. The van der Waals surface area contributed by atoms with Gasteiger partial charge in [-0.3, -0.25) is 9.48 Å². The summed E-state index contributed by atoms with van der Waals surface area (Å²) in [5.74, 6) is -0.909. The maximum atomic E-state index is 12.5. The van der Waals surface area contributed by atoms with Gasteiger partial charge in [-0.05, 0) is 31.0 Å². The summed E-state index contributed by atoms with van der Waals surface area (Å²) in [6, 6.07) is 7.14. The highest BCUT2D eigenvalue weighted by Gasteiger charge is 2.24. The average molecular weight is 408 g/mol. The first kappa shape index (κ1) is 17.6. The van der Waals surface area contributed by atoms with Gasteiger partial charge in [-0.2, -0.15) is 5.10 Å². The molecule has 1 fully saturated rings. The number of anilines is 1. The van der Waals surface area contributed by atoms with Crippen molar-refractivity contribution in [3.63, 3.8) is 0 Å². The number of amides is 1. The Morgan fingerprint density at radius 2 is 2.12 bits per heavy atom. The molecule has 1 aliphatic heterocycles. The van der Waals surface area contributed by atoms with Crippen LogP contribution in [0.2, 0.25) is 0 Å². The van der Waals surface area contributed by atoms with E-state index >= 15 is 0 Å².